The first kappa shape index (κ1) is 28.4. The molecule has 5 rings (SSSR count). The van der Waals surface area contributed by atoms with E-state index in [4.69, 9.17) is 11.6 Å². The van der Waals surface area contributed by atoms with Crippen LogP contribution in [0.4, 0.5) is 11.4 Å². The highest BCUT2D eigenvalue weighted by atomic mass is 35.5. The van der Waals surface area contributed by atoms with E-state index in [0.717, 1.165) is 66.2 Å². The monoisotopic (exact) mass is 554 g/mol. The maximum absolute atomic E-state index is 6.64. The van der Waals surface area contributed by atoms with Crippen LogP contribution in [0.25, 0.3) is 22.6 Å². The highest BCUT2D eigenvalue weighted by molar-refractivity contribution is 6.33. The molecule has 0 saturated carbocycles. The van der Waals surface area contributed by atoms with E-state index in [9.17, 15) is 0 Å². The minimum atomic E-state index is 0.310. The number of anilines is 2. The van der Waals surface area contributed by atoms with Crippen LogP contribution in [0.15, 0.2) is 72.9 Å². The summed E-state index contributed by atoms with van der Waals surface area (Å²) in [6.07, 6.45) is 5.47. The highest BCUT2D eigenvalue weighted by Gasteiger charge is 2.29. The normalized spacial score (nSPS) is 14.8. The average Bonchev–Trinajstić information content (AvgIpc) is 3.43. The van der Waals surface area contributed by atoms with Crippen LogP contribution in [0, 0.1) is 17.3 Å². The van der Waals surface area contributed by atoms with Crippen molar-refractivity contribution >= 4 is 23.0 Å². The summed E-state index contributed by atoms with van der Waals surface area (Å²) in [4.78, 5) is 10.7. The zero-order valence-electron chi connectivity index (χ0n) is 24.6. The van der Waals surface area contributed by atoms with Gasteiger partial charge in [0, 0.05) is 36.6 Å². The Hall–Kier alpha value is -3.08. The summed E-state index contributed by atoms with van der Waals surface area (Å²) in [5, 5.41) is 4.37. The molecule has 1 unspecified atom stereocenters. The molecule has 4 nitrogen and oxygen atoms in total. The van der Waals surface area contributed by atoms with Gasteiger partial charge in [0.2, 0.25) is 0 Å². The Morgan fingerprint density at radius 1 is 1.05 bits per heavy atom. The van der Waals surface area contributed by atoms with Crippen molar-refractivity contribution in [3.8, 4) is 22.6 Å². The standard InChI is InChI=1S/C35H43ClN4/c1-6-25(24(2)3)20-35(4,5)23-40-18-17-29-27(22-40)13-10-14-32(29)38-28-15-16-31(36)30(19-28)34-37-21-33(39-34)26-11-8-7-9-12-26/h7-16,19,21,24-25,38H,6,17-18,20,22-23H2,1-5H3,(H,37,39). The number of H-pyrrole nitrogens is 1. The van der Waals surface area contributed by atoms with Gasteiger partial charge < -0.3 is 10.3 Å². The van der Waals surface area contributed by atoms with Gasteiger partial charge in [-0.1, -0.05) is 95.1 Å². The topological polar surface area (TPSA) is 44.0 Å². The molecule has 210 valence electrons. The molecule has 0 amide bonds. The van der Waals surface area contributed by atoms with Crippen LogP contribution in [-0.4, -0.2) is 28.0 Å². The van der Waals surface area contributed by atoms with Crippen LogP contribution in [0.1, 0.15) is 58.6 Å². The minimum absolute atomic E-state index is 0.310. The van der Waals surface area contributed by atoms with E-state index in [1.54, 1.807) is 0 Å². The van der Waals surface area contributed by atoms with Crippen LogP contribution >= 0.6 is 11.6 Å². The molecule has 1 aliphatic heterocycles. The predicted octanol–water partition coefficient (Wildman–Crippen LogP) is 9.60. The lowest BCUT2D eigenvalue weighted by atomic mass is 9.76. The first-order valence-electron chi connectivity index (χ1n) is 14.7. The summed E-state index contributed by atoms with van der Waals surface area (Å²) in [6, 6.07) is 23.0. The molecule has 5 heteroatoms. The molecule has 40 heavy (non-hydrogen) atoms. The second-order valence-corrected chi connectivity index (χ2v) is 12.9. The molecular weight excluding hydrogens is 512 g/mol. The minimum Gasteiger partial charge on any atom is -0.355 e. The van der Waals surface area contributed by atoms with Gasteiger partial charge in [-0.3, -0.25) is 4.90 Å². The highest BCUT2D eigenvalue weighted by Crippen LogP contribution is 2.36. The predicted molar refractivity (Wildman–Crippen MR) is 170 cm³/mol. The Bertz CT molecular complexity index is 1420. The van der Waals surface area contributed by atoms with Crippen molar-refractivity contribution in [2.75, 3.05) is 18.4 Å². The van der Waals surface area contributed by atoms with E-state index in [-0.39, 0.29) is 0 Å². The lowest BCUT2D eigenvalue weighted by Gasteiger charge is -2.38. The molecule has 2 N–H and O–H groups in total. The molecule has 0 bridgehead atoms. The number of halogens is 1. The quantitative estimate of drug-likeness (QED) is 0.205. The number of hydrogen-bond acceptors (Lipinski definition) is 3. The molecule has 0 aliphatic carbocycles. The van der Waals surface area contributed by atoms with Crippen LogP contribution < -0.4 is 5.32 Å². The van der Waals surface area contributed by atoms with Gasteiger partial charge in [-0.15, -0.1) is 0 Å². The zero-order valence-corrected chi connectivity index (χ0v) is 25.4. The van der Waals surface area contributed by atoms with Crippen LogP contribution in [0.5, 0.6) is 0 Å². The van der Waals surface area contributed by atoms with E-state index < -0.39 is 0 Å². The van der Waals surface area contributed by atoms with Gasteiger partial charge in [0.25, 0.3) is 0 Å². The first-order chi connectivity index (χ1) is 19.2. The number of rotatable bonds is 10. The van der Waals surface area contributed by atoms with Gasteiger partial charge in [-0.2, -0.15) is 0 Å². The number of aromatic amines is 1. The van der Waals surface area contributed by atoms with Crippen molar-refractivity contribution in [1.82, 2.24) is 14.9 Å². The smallest absolute Gasteiger partial charge is 0.139 e. The molecule has 0 fully saturated rings. The third kappa shape index (κ3) is 6.62. The lowest BCUT2D eigenvalue weighted by molar-refractivity contribution is 0.126. The largest absolute Gasteiger partial charge is 0.355 e. The number of nitrogens with one attached hydrogen (secondary N) is 2. The van der Waals surface area contributed by atoms with Crippen molar-refractivity contribution in [2.24, 2.45) is 17.3 Å². The third-order valence-electron chi connectivity index (χ3n) is 8.44. The molecule has 1 aromatic heterocycles. The molecule has 2 heterocycles. The van der Waals surface area contributed by atoms with Crippen molar-refractivity contribution in [3.05, 3.63) is 89.1 Å². The SMILES string of the molecule is CCC(CC(C)(C)CN1CCc2c(cccc2Nc2ccc(Cl)c(-c3ncc(-c4ccccc4)[nH]3)c2)C1)C(C)C. The van der Waals surface area contributed by atoms with Gasteiger partial charge in [0.1, 0.15) is 5.82 Å². The number of hydrogen-bond donors (Lipinski definition) is 2. The first-order valence-corrected chi connectivity index (χ1v) is 15.1. The van der Waals surface area contributed by atoms with E-state index in [1.807, 2.05) is 36.5 Å². The van der Waals surface area contributed by atoms with E-state index in [1.165, 1.54) is 29.7 Å². The van der Waals surface area contributed by atoms with Crippen molar-refractivity contribution < 1.29 is 0 Å². The van der Waals surface area contributed by atoms with E-state index >= 15 is 0 Å². The fourth-order valence-corrected chi connectivity index (χ4v) is 6.52. The summed E-state index contributed by atoms with van der Waals surface area (Å²) in [5.41, 5.74) is 8.31. The number of nitrogens with zero attached hydrogens (tertiary/aromatic N) is 2. The maximum atomic E-state index is 6.64. The van der Waals surface area contributed by atoms with Crippen LogP contribution in [0.2, 0.25) is 5.02 Å². The second-order valence-electron chi connectivity index (χ2n) is 12.5. The second kappa shape index (κ2) is 12.2. The molecule has 0 radical (unpaired) electrons. The molecule has 3 aromatic carbocycles. The van der Waals surface area contributed by atoms with Crippen molar-refractivity contribution in [3.63, 3.8) is 0 Å². The van der Waals surface area contributed by atoms with Crippen LogP contribution in [-0.2, 0) is 13.0 Å². The molecule has 1 atom stereocenters. The number of aromatic nitrogens is 2. The molecule has 4 aromatic rings. The van der Waals surface area contributed by atoms with Gasteiger partial charge in [-0.25, -0.2) is 4.98 Å². The fraction of sp³-hybridized carbons (Fsp3) is 0.400. The Morgan fingerprint density at radius 3 is 2.60 bits per heavy atom. The number of fused-ring (bicyclic) bond motifs is 1. The van der Waals surface area contributed by atoms with Gasteiger partial charge in [0.15, 0.2) is 0 Å². The van der Waals surface area contributed by atoms with Crippen molar-refractivity contribution in [1.29, 1.82) is 0 Å². The summed E-state index contributed by atoms with van der Waals surface area (Å²) in [5.74, 6) is 2.30. The van der Waals surface area contributed by atoms with Crippen molar-refractivity contribution in [2.45, 2.75) is 60.4 Å². The lowest BCUT2D eigenvalue weighted by Crippen LogP contribution is -2.39. The summed E-state index contributed by atoms with van der Waals surface area (Å²) in [6.45, 7) is 15.2. The molecular formula is C35H43ClN4. The third-order valence-corrected chi connectivity index (χ3v) is 8.77. The Kier molecular flexibility index (Phi) is 8.68. The van der Waals surface area contributed by atoms with E-state index in [2.05, 4.69) is 91.2 Å². The summed E-state index contributed by atoms with van der Waals surface area (Å²) < 4.78 is 0. The van der Waals surface area contributed by atoms with Crippen LogP contribution in [0.3, 0.4) is 0 Å². The Balaban J connectivity index is 1.30. The molecule has 0 saturated heterocycles. The van der Waals surface area contributed by atoms with Gasteiger partial charge in [0.05, 0.1) is 16.9 Å². The zero-order chi connectivity index (χ0) is 28.3. The maximum Gasteiger partial charge on any atom is 0.139 e. The fourth-order valence-electron chi connectivity index (χ4n) is 6.31. The van der Waals surface area contributed by atoms with E-state index in [0.29, 0.717) is 10.4 Å². The Labute approximate surface area is 245 Å². The van der Waals surface area contributed by atoms with Gasteiger partial charge in [-0.05, 0) is 71.0 Å². The Morgan fingerprint density at radius 2 is 1.85 bits per heavy atom. The number of imidazole rings is 1. The average molecular weight is 555 g/mol. The molecule has 1 aliphatic rings. The summed E-state index contributed by atoms with van der Waals surface area (Å²) >= 11 is 6.64. The molecule has 0 spiro atoms. The summed E-state index contributed by atoms with van der Waals surface area (Å²) in [7, 11) is 0. The number of benzene rings is 3. The van der Waals surface area contributed by atoms with Gasteiger partial charge >= 0.3 is 0 Å².